The molecular weight excluding hydrogens is 504 g/mol. The second-order valence-electron chi connectivity index (χ2n) is 11.9. The van der Waals surface area contributed by atoms with Crippen LogP contribution >= 0.6 is 0 Å². The number of Topliss-reactive ketones (excluding diaryl/α,β-unsaturated/α-hetero) is 1. The number of allylic oxidation sites excluding steroid dienone is 6. The van der Waals surface area contributed by atoms with Gasteiger partial charge in [0.2, 0.25) is 11.5 Å². The van der Waals surface area contributed by atoms with E-state index in [0.29, 0.717) is 16.9 Å². The standard InChI is InChI=1S/C37H37N2O2/c1-24-18-19-30-28(22-24)37(20-12-7-13-21-37)31(38(30)2)23-27-35(40)33(36(27)41-4)32-26-16-10-6-11-17-29(26)39(3)34(32)25-14-8-5-9-15-25/h5-6,8-11,14-16,18-19,22-23H,7,12-13,17,20-21H2,1-4H3/q+1. The number of ether oxygens (including phenoxy) is 1. The van der Waals surface area contributed by atoms with E-state index in [1.807, 2.05) is 6.07 Å². The number of fused-ring (bicyclic) bond motifs is 3. The molecule has 2 aromatic carbocycles. The first-order valence-electron chi connectivity index (χ1n) is 14.8. The third kappa shape index (κ3) is 3.73. The number of rotatable bonds is 4. The van der Waals surface area contributed by atoms with Gasteiger partial charge in [0.05, 0.1) is 29.4 Å². The van der Waals surface area contributed by atoms with Crippen molar-refractivity contribution in [3.8, 4) is 11.3 Å². The van der Waals surface area contributed by atoms with Crippen LogP contribution in [0.3, 0.4) is 0 Å². The molecule has 0 amide bonds. The summed E-state index contributed by atoms with van der Waals surface area (Å²) in [7, 11) is 5.97. The first kappa shape index (κ1) is 25.8. The molecular formula is C37H37N2O2+. The summed E-state index contributed by atoms with van der Waals surface area (Å²) in [5.74, 6) is 0.766. The molecule has 1 aliphatic heterocycles. The molecule has 0 radical (unpaired) electrons. The van der Waals surface area contributed by atoms with E-state index in [-0.39, 0.29) is 11.2 Å². The van der Waals surface area contributed by atoms with E-state index >= 15 is 0 Å². The molecule has 1 spiro atoms. The molecule has 1 fully saturated rings. The Labute approximate surface area is 242 Å². The molecule has 0 saturated heterocycles. The van der Waals surface area contributed by atoms with E-state index in [4.69, 9.17) is 4.74 Å². The van der Waals surface area contributed by atoms with Crippen molar-refractivity contribution < 1.29 is 14.1 Å². The fraction of sp³-hybridized carbons (Fsp3) is 0.297. The Morgan fingerprint density at radius 2 is 1.80 bits per heavy atom. The number of methoxy groups -OCH3 is 1. The summed E-state index contributed by atoms with van der Waals surface area (Å²) in [5.41, 5.74) is 12.0. The summed E-state index contributed by atoms with van der Waals surface area (Å²) in [4.78, 5) is 14.3. The Morgan fingerprint density at radius 3 is 2.56 bits per heavy atom. The van der Waals surface area contributed by atoms with Crippen molar-refractivity contribution in [1.82, 2.24) is 4.57 Å². The predicted molar refractivity (Wildman–Crippen MR) is 167 cm³/mol. The summed E-state index contributed by atoms with van der Waals surface area (Å²) in [6, 6.07) is 17.2. The lowest BCUT2D eigenvalue weighted by atomic mass is 9.66. The second-order valence-corrected chi connectivity index (χ2v) is 11.9. The molecule has 3 aromatic rings. The van der Waals surface area contributed by atoms with E-state index < -0.39 is 0 Å². The van der Waals surface area contributed by atoms with Gasteiger partial charge in [-0.25, -0.2) is 0 Å². The normalized spacial score (nSPS) is 20.0. The summed E-state index contributed by atoms with van der Waals surface area (Å²) < 4.78 is 10.7. The van der Waals surface area contributed by atoms with Crippen LogP contribution in [0, 0.1) is 6.92 Å². The highest BCUT2D eigenvalue weighted by Crippen LogP contribution is 2.51. The van der Waals surface area contributed by atoms with Crippen LogP contribution in [0.4, 0.5) is 5.69 Å². The van der Waals surface area contributed by atoms with E-state index in [1.54, 1.807) is 7.11 Å². The number of hydrogen-bond acceptors (Lipinski definition) is 2. The molecule has 0 N–H and O–H groups in total. The van der Waals surface area contributed by atoms with Crippen LogP contribution in [-0.2, 0) is 28.4 Å². The number of carbonyl (C=O) groups excluding carboxylic acids is 1. The lowest BCUT2D eigenvalue weighted by molar-refractivity contribution is -0.401. The maximum Gasteiger partial charge on any atom is 0.209 e. The van der Waals surface area contributed by atoms with Crippen molar-refractivity contribution in [1.29, 1.82) is 0 Å². The molecule has 7 rings (SSSR count). The monoisotopic (exact) mass is 541 g/mol. The first-order valence-corrected chi connectivity index (χ1v) is 14.8. The summed E-state index contributed by atoms with van der Waals surface area (Å²) in [6.07, 6.45) is 17.4. The Balaban J connectivity index is 1.42. The van der Waals surface area contributed by atoms with Crippen LogP contribution in [0.25, 0.3) is 22.9 Å². The Morgan fingerprint density at radius 1 is 1.02 bits per heavy atom. The van der Waals surface area contributed by atoms with Gasteiger partial charge in [-0.1, -0.05) is 85.5 Å². The molecule has 1 saturated carbocycles. The van der Waals surface area contributed by atoms with Crippen molar-refractivity contribution in [2.45, 2.75) is 50.9 Å². The van der Waals surface area contributed by atoms with Crippen LogP contribution in [0.15, 0.2) is 84.2 Å². The molecule has 206 valence electrons. The number of ketones is 1. The Kier molecular flexibility index (Phi) is 6.11. The minimum atomic E-state index is -0.0519. The van der Waals surface area contributed by atoms with Crippen molar-refractivity contribution in [3.63, 3.8) is 0 Å². The third-order valence-corrected chi connectivity index (χ3v) is 9.69. The minimum absolute atomic E-state index is 0.0519. The van der Waals surface area contributed by atoms with Gasteiger partial charge in [-0.15, -0.1) is 0 Å². The van der Waals surface area contributed by atoms with Gasteiger partial charge in [0.25, 0.3) is 0 Å². The van der Waals surface area contributed by atoms with Crippen LogP contribution in [0.1, 0.15) is 60.1 Å². The zero-order valence-electron chi connectivity index (χ0n) is 24.5. The van der Waals surface area contributed by atoms with Crippen molar-refractivity contribution >= 4 is 28.8 Å². The van der Waals surface area contributed by atoms with Gasteiger partial charge in [0.15, 0.2) is 5.71 Å². The van der Waals surface area contributed by atoms with Gasteiger partial charge in [-0.05, 0) is 31.4 Å². The van der Waals surface area contributed by atoms with Crippen LogP contribution in [0.5, 0.6) is 0 Å². The van der Waals surface area contributed by atoms with Gasteiger partial charge in [-0.3, -0.25) is 4.79 Å². The van der Waals surface area contributed by atoms with Crippen LogP contribution in [0.2, 0.25) is 0 Å². The van der Waals surface area contributed by atoms with Crippen molar-refractivity contribution in [2.24, 2.45) is 7.05 Å². The molecule has 4 nitrogen and oxygen atoms in total. The summed E-state index contributed by atoms with van der Waals surface area (Å²) in [5, 5.41) is 0. The largest absolute Gasteiger partial charge is 0.495 e. The van der Waals surface area contributed by atoms with Crippen LogP contribution in [-0.4, -0.2) is 34.8 Å². The van der Waals surface area contributed by atoms with Gasteiger partial charge < -0.3 is 9.30 Å². The maximum atomic E-state index is 14.3. The Hall–Kier alpha value is -4.18. The highest BCUT2D eigenvalue weighted by atomic mass is 16.5. The topological polar surface area (TPSA) is 34.2 Å². The van der Waals surface area contributed by atoms with Gasteiger partial charge in [0, 0.05) is 48.0 Å². The molecule has 1 aromatic heterocycles. The first-order chi connectivity index (χ1) is 20.0. The quantitative estimate of drug-likeness (QED) is 0.251. The lowest BCUT2D eigenvalue weighted by Gasteiger charge is -2.32. The molecule has 3 aliphatic carbocycles. The summed E-state index contributed by atoms with van der Waals surface area (Å²) >= 11 is 0. The van der Waals surface area contributed by atoms with Gasteiger partial charge >= 0.3 is 0 Å². The number of nitrogens with zero attached hydrogens (tertiary/aromatic N) is 2. The SMILES string of the molecule is COC1=C(c2c3c(n(C)c2-c2ccccc2)CC=CC=C3)C(=O)/C1=C\C1=[N+](C)c2ccc(C)cc2C12CCCCC2. The van der Waals surface area contributed by atoms with Crippen molar-refractivity contribution in [2.75, 3.05) is 14.2 Å². The van der Waals surface area contributed by atoms with Gasteiger partial charge in [0.1, 0.15) is 12.8 Å². The Bertz CT molecular complexity index is 1750. The number of benzene rings is 2. The molecule has 2 heterocycles. The average molecular weight is 542 g/mol. The lowest BCUT2D eigenvalue weighted by Crippen LogP contribution is -2.37. The minimum Gasteiger partial charge on any atom is -0.495 e. The van der Waals surface area contributed by atoms with E-state index in [1.165, 1.54) is 47.5 Å². The van der Waals surface area contributed by atoms with E-state index in [2.05, 4.69) is 103 Å². The second kappa shape index (κ2) is 9.73. The molecule has 0 bridgehead atoms. The highest BCUT2D eigenvalue weighted by Gasteiger charge is 2.52. The maximum absolute atomic E-state index is 14.3. The molecule has 4 aliphatic rings. The fourth-order valence-corrected chi connectivity index (χ4v) is 7.73. The number of aryl methyl sites for hydroxylation is 1. The third-order valence-electron chi connectivity index (χ3n) is 9.69. The number of carbonyl (C=O) groups is 1. The van der Waals surface area contributed by atoms with Crippen molar-refractivity contribution in [3.05, 3.63) is 112 Å². The predicted octanol–water partition coefficient (Wildman–Crippen LogP) is 7.62. The summed E-state index contributed by atoms with van der Waals surface area (Å²) in [6.45, 7) is 2.18. The molecule has 0 unspecified atom stereocenters. The van der Waals surface area contributed by atoms with Crippen LogP contribution < -0.4 is 0 Å². The molecule has 4 heteroatoms. The fourth-order valence-electron chi connectivity index (χ4n) is 7.73. The zero-order valence-corrected chi connectivity index (χ0v) is 24.5. The number of aromatic nitrogens is 1. The molecule has 41 heavy (non-hydrogen) atoms. The van der Waals surface area contributed by atoms with Gasteiger partial charge in [-0.2, -0.15) is 4.58 Å². The molecule has 0 atom stereocenters. The smallest absolute Gasteiger partial charge is 0.209 e. The number of hydrogen-bond donors (Lipinski definition) is 0. The van der Waals surface area contributed by atoms with E-state index in [9.17, 15) is 4.79 Å². The van der Waals surface area contributed by atoms with E-state index in [0.717, 1.165) is 41.6 Å². The zero-order chi connectivity index (χ0) is 28.3. The highest BCUT2D eigenvalue weighted by molar-refractivity contribution is 6.41. The average Bonchev–Trinajstić information content (AvgIpc) is 3.22.